The number of amides is 1. The fourth-order valence-electron chi connectivity index (χ4n) is 4.25. The summed E-state index contributed by atoms with van der Waals surface area (Å²) in [7, 11) is 0. The molecule has 0 spiro atoms. The molecule has 0 unspecified atom stereocenters. The Hall–Kier alpha value is -3.67. The SMILES string of the molecule is O=C(NCCC(c1ccccc1)c1ccccc1)c1cnn2c(-c3ccc(Cl)c(Cl)c3)ccnc12. The summed E-state index contributed by atoms with van der Waals surface area (Å²) < 4.78 is 1.64. The number of benzene rings is 3. The molecule has 0 saturated heterocycles. The van der Waals surface area contributed by atoms with E-state index in [1.54, 1.807) is 29.0 Å². The lowest BCUT2D eigenvalue weighted by molar-refractivity contribution is 0.0954. The molecule has 1 amide bonds. The largest absolute Gasteiger partial charge is 0.352 e. The number of carbonyl (C=O) groups excluding carboxylic acids is 1. The van der Waals surface area contributed by atoms with Gasteiger partial charge in [-0.3, -0.25) is 4.79 Å². The first-order chi connectivity index (χ1) is 17.1. The summed E-state index contributed by atoms with van der Waals surface area (Å²) in [6.07, 6.45) is 3.97. The first-order valence-corrected chi connectivity index (χ1v) is 12.0. The van der Waals surface area contributed by atoms with Gasteiger partial charge >= 0.3 is 0 Å². The van der Waals surface area contributed by atoms with Crippen molar-refractivity contribution in [2.24, 2.45) is 0 Å². The van der Waals surface area contributed by atoms with E-state index >= 15 is 0 Å². The fraction of sp³-hybridized carbons (Fsp3) is 0.107. The Morgan fingerprint density at radius 3 is 2.23 bits per heavy atom. The minimum absolute atomic E-state index is 0.181. The molecular weight excluding hydrogens is 479 g/mol. The predicted octanol–water partition coefficient (Wildman–Crippen LogP) is 6.66. The van der Waals surface area contributed by atoms with E-state index in [0.29, 0.717) is 27.8 Å². The quantitative estimate of drug-likeness (QED) is 0.272. The lowest BCUT2D eigenvalue weighted by Gasteiger charge is -2.18. The highest BCUT2D eigenvalue weighted by molar-refractivity contribution is 6.42. The Bertz CT molecular complexity index is 1430. The van der Waals surface area contributed by atoms with Gasteiger partial charge in [-0.1, -0.05) is 89.9 Å². The van der Waals surface area contributed by atoms with Crippen LogP contribution in [-0.4, -0.2) is 27.0 Å². The lowest BCUT2D eigenvalue weighted by atomic mass is 9.88. The molecule has 0 radical (unpaired) electrons. The summed E-state index contributed by atoms with van der Waals surface area (Å²) in [5, 5.41) is 8.40. The van der Waals surface area contributed by atoms with E-state index in [0.717, 1.165) is 17.7 Å². The minimum Gasteiger partial charge on any atom is -0.352 e. The molecule has 174 valence electrons. The van der Waals surface area contributed by atoms with E-state index in [1.807, 2.05) is 48.5 Å². The molecule has 0 aliphatic heterocycles. The molecule has 35 heavy (non-hydrogen) atoms. The lowest BCUT2D eigenvalue weighted by Crippen LogP contribution is -2.26. The third-order valence-electron chi connectivity index (χ3n) is 5.98. The normalized spacial score (nSPS) is 11.2. The van der Waals surface area contributed by atoms with Crippen molar-refractivity contribution in [2.45, 2.75) is 12.3 Å². The Kier molecular flexibility index (Phi) is 6.80. The van der Waals surface area contributed by atoms with Gasteiger partial charge in [0.1, 0.15) is 5.56 Å². The summed E-state index contributed by atoms with van der Waals surface area (Å²) in [4.78, 5) is 17.5. The minimum atomic E-state index is -0.210. The molecule has 0 saturated carbocycles. The number of nitrogens with one attached hydrogen (secondary N) is 1. The van der Waals surface area contributed by atoms with Crippen molar-refractivity contribution in [2.75, 3.05) is 6.54 Å². The van der Waals surface area contributed by atoms with Crippen molar-refractivity contribution >= 4 is 34.8 Å². The summed E-state index contributed by atoms with van der Waals surface area (Å²) >= 11 is 12.3. The van der Waals surface area contributed by atoms with Crippen molar-refractivity contribution in [3.8, 4) is 11.3 Å². The Morgan fingerprint density at radius 1 is 0.886 bits per heavy atom. The molecular formula is C28H22Cl2N4O. The standard InChI is InChI=1S/C28H22Cl2N4O/c29-24-12-11-21(17-25(24)30)26-14-16-31-27-23(18-33-34(26)27)28(35)32-15-13-22(19-7-3-1-4-8-19)20-9-5-2-6-10-20/h1-12,14,16-18,22H,13,15H2,(H,32,35). The summed E-state index contributed by atoms with van der Waals surface area (Å²) in [6, 6.07) is 27.9. The Balaban J connectivity index is 1.35. The van der Waals surface area contributed by atoms with Crippen molar-refractivity contribution in [3.05, 3.63) is 124 Å². The van der Waals surface area contributed by atoms with Crippen LogP contribution in [0.25, 0.3) is 16.9 Å². The summed E-state index contributed by atoms with van der Waals surface area (Å²) in [5.41, 5.74) is 4.93. The van der Waals surface area contributed by atoms with Gasteiger partial charge in [-0.2, -0.15) is 5.10 Å². The smallest absolute Gasteiger partial charge is 0.256 e. The van der Waals surface area contributed by atoms with Crippen molar-refractivity contribution in [1.29, 1.82) is 0 Å². The van der Waals surface area contributed by atoms with E-state index in [4.69, 9.17) is 23.2 Å². The average Bonchev–Trinajstić information content (AvgIpc) is 3.34. The van der Waals surface area contributed by atoms with Gasteiger partial charge in [0.15, 0.2) is 5.65 Å². The van der Waals surface area contributed by atoms with Gasteiger partial charge in [0.25, 0.3) is 5.91 Å². The van der Waals surface area contributed by atoms with Crippen LogP contribution >= 0.6 is 23.2 Å². The zero-order chi connectivity index (χ0) is 24.2. The summed E-state index contributed by atoms with van der Waals surface area (Å²) in [5.74, 6) is -0.0281. The first-order valence-electron chi connectivity index (χ1n) is 11.3. The molecule has 0 atom stereocenters. The van der Waals surface area contributed by atoms with Crippen molar-refractivity contribution in [1.82, 2.24) is 19.9 Å². The van der Waals surface area contributed by atoms with E-state index in [9.17, 15) is 4.79 Å². The van der Waals surface area contributed by atoms with Gasteiger partial charge in [-0.05, 0) is 35.7 Å². The zero-order valence-electron chi connectivity index (χ0n) is 18.7. The highest BCUT2D eigenvalue weighted by atomic mass is 35.5. The Labute approximate surface area is 213 Å². The second-order valence-electron chi connectivity index (χ2n) is 8.17. The van der Waals surface area contributed by atoms with Gasteiger partial charge in [0.2, 0.25) is 0 Å². The third kappa shape index (κ3) is 4.92. The van der Waals surface area contributed by atoms with Gasteiger partial charge in [0, 0.05) is 24.2 Å². The molecule has 1 N–H and O–H groups in total. The second-order valence-corrected chi connectivity index (χ2v) is 8.99. The van der Waals surface area contributed by atoms with E-state index in [1.165, 1.54) is 11.1 Å². The molecule has 2 heterocycles. The van der Waals surface area contributed by atoms with E-state index < -0.39 is 0 Å². The number of aromatic nitrogens is 3. The molecule has 7 heteroatoms. The number of halogens is 2. The first kappa shape index (κ1) is 23.1. The van der Waals surface area contributed by atoms with Gasteiger partial charge in [0.05, 0.1) is 21.9 Å². The maximum absolute atomic E-state index is 13.1. The molecule has 0 aliphatic carbocycles. The molecule has 0 bridgehead atoms. The Morgan fingerprint density at radius 2 is 1.57 bits per heavy atom. The molecule has 5 nitrogen and oxygen atoms in total. The van der Waals surface area contributed by atoms with Crippen LogP contribution in [0.15, 0.2) is 97.3 Å². The van der Waals surface area contributed by atoms with Gasteiger partial charge in [-0.25, -0.2) is 9.50 Å². The number of nitrogens with zero attached hydrogens (tertiary/aromatic N) is 3. The van der Waals surface area contributed by atoms with Crippen LogP contribution in [0.3, 0.4) is 0 Å². The van der Waals surface area contributed by atoms with Crippen molar-refractivity contribution in [3.63, 3.8) is 0 Å². The highest BCUT2D eigenvalue weighted by Gasteiger charge is 2.18. The maximum Gasteiger partial charge on any atom is 0.256 e. The van der Waals surface area contributed by atoms with Crippen LogP contribution < -0.4 is 5.32 Å². The number of hydrogen-bond donors (Lipinski definition) is 1. The predicted molar refractivity (Wildman–Crippen MR) is 140 cm³/mol. The van der Waals surface area contributed by atoms with Crippen LogP contribution in [0, 0.1) is 0 Å². The topological polar surface area (TPSA) is 59.3 Å². The van der Waals surface area contributed by atoms with Crippen LogP contribution in [0.2, 0.25) is 10.0 Å². The number of fused-ring (bicyclic) bond motifs is 1. The zero-order valence-corrected chi connectivity index (χ0v) is 20.2. The summed E-state index contributed by atoms with van der Waals surface area (Å²) in [6.45, 7) is 0.511. The average molecular weight is 501 g/mol. The van der Waals surface area contributed by atoms with E-state index in [-0.39, 0.29) is 11.8 Å². The van der Waals surface area contributed by atoms with Gasteiger partial charge < -0.3 is 5.32 Å². The number of hydrogen-bond acceptors (Lipinski definition) is 3. The maximum atomic E-state index is 13.1. The molecule has 5 aromatic rings. The van der Waals surface area contributed by atoms with Crippen LogP contribution in [0.5, 0.6) is 0 Å². The molecule has 0 fully saturated rings. The third-order valence-corrected chi connectivity index (χ3v) is 6.72. The second kappa shape index (κ2) is 10.3. The van der Waals surface area contributed by atoms with Crippen molar-refractivity contribution < 1.29 is 4.79 Å². The highest BCUT2D eigenvalue weighted by Crippen LogP contribution is 2.29. The van der Waals surface area contributed by atoms with Crippen LogP contribution in [-0.2, 0) is 0 Å². The van der Waals surface area contributed by atoms with E-state index in [2.05, 4.69) is 39.7 Å². The molecule has 5 rings (SSSR count). The number of carbonyl (C=O) groups is 1. The molecule has 2 aromatic heterocycles. The monoisotopic (exact) mass is 500 g/mol. The van der Waals surface area contributed by atoms with Crippen LogP contribution in [0.4, 0.5) is 0 Å². The van der Waals surface area contributed by atoms with Crippen LogP contribution in [0.1, 0.15) is 33.8 Å². The molecule has 3 aromatic carbocycles. The number of rotatable bonds is 7. The molecule has 0 aliphatic rings. The van der Waals surface area contributed by atoms with Gasteiger partial charge in [-0.15, -0.1) is 0 Å². The fourth-order valence-corrected chi connectivity index (χ4v) is 4.55.